The van der Waals surface area contributed by atoms with Crippen LogP contribution in [0.1, 0.15) is 25.3 Å². The third-order valence-corrected chi connectivity index (χ3v) is 3.33. The molecule has 3 N–H and O–H groups in total. The van der Waals surface area contributed by atoms with E-state index in [4.69, 9.17) is 9.84 Å². The van der Waals surface area contributed by atoms with Crippen LogP contribution in [0.25, 0.3) is 10.9 Å². The Morgan fingerprint density at radius 1 is 1.38 bits per heavy atom. The van der Waals surface area contributed by atoms with E-state index in [-0.39, 0.29) is 12.5 Å². The lowest BCUT2D eigenvalue weighted by Gasteiger charge is -2.06. The van der Waals surface area contributed by atoms with Crippen molar-refractivity contribution < 1.29 is 14.6 Å². The summed E-state index contributed by atoms with van der Waals surface area (Å²) >= 11 is 0. The molecule has 0 radical (unpaired) electrons. The molecule has 0 spiro atoms. The van der Waals surface area contributed by atoms with Gasteiger partial charge >= 0.3 is 0 Å². The van der Waals surface area contributed by atoms with Crippen LogP contribution in [0.15, 0.2) is 24.4 Å². The van der Waals surface area contributed by atoms with Crippen LogP contribution in [-0.2, 0) is 11.2 Å². The van der Waals surface area contributed by atoms with Gasteiger partial charge in [0.1, 0.15) is 5.75 Å². The fourth-order valence-electron chi connectivity index (χ4n) is 2.23. The first-order valence-corrected chi connectivity index (χ1v) is 7.29. The van der Waals surface area contributed by atoms with Crippen molar-refractivity contribution in [3.63, 3.8) is 0 Å². The van der Waals surface area contributed by atoms with Crippen LogP contribution in [0, 0.1) is 0 Å². The van der Waals surface area contributed by atoms with Crippen molar-refractivity contribution in [3.05, 3.63) is 30.0 Å². The molecular weight excluding hydrogens is 268 g/mol. The molecule has 1 aromatic carbocycles. The largest absolute Gasteiger partial charge is 0.494 e. The van der Waals surface area contributed by atoms with E-state index in [0.29, 0.717) is 13.2 Å². The van der Waals surface area contributed by atoms with E-state index in [0.717, 1.165) is 35.9 Å². The number of fused-ring (bicyclic) bond motifs is 1. The lowest BCUT2D eigenvalue weighted by molar-refractivity contribution is -0.118. The zero-order chi connectivity index (χ0) is 15.1. The average Bonchev–Trinajstić information content (AvgIpc) is 2.86. The molecule has 5 heteroatoms. The molecule has 0 aliphatic rings. The van der Waals surface area contributed by atoms with E-state index in [1.807, 2.05) is 24.4 Å². The molecule has 0 saturated carbocycles. The molecule has 1 aromatic heterocycles. The molecule has 2 aromatic rings. The first-order valence-electron chi connectivity index (χ1n) is 7.29. The number of H-pyrrole nitrogens is 1. The molecule has 1 heterocycles. The smallest absolute Gasteiger partial charge is 0.216 e. The maximum absolute atomic E-state index is 10.9. The number of aliphatic hydroxyl groups excluding tert-OH is 1. The Bertz CT molecular complexity index is 592. The number of aromatic nitrogens is 1. The first kappa shape index (κ1) is 15.4. The summed E-state index contributed by atoms with van der Waals surface area (Å²) in [5, 5.41) is 12.7. The van der Waals surface area contributed by atoms with Gasteiger partial charge in [0.05, 0.1) is 6.61 Å². The third-order valence-electron chi connectivity index (χ3n) is 3.33. The summed E-state index contributed by atoms with van der Waals surface area (Å²) in [6, 6.07) is 5.96. The van der Waals surface area contributed by atoms with Gasteiger partial charge < -0.3 is 20.1 Å². The molecule has 0 fully saturated rings. The summed E-state index contributed by atoms with van der Waals surface area (Å²) in [4.78, 5) is 14.1. The van der Waals surface area contributed by atoms with E-state index in [2.05, 4.69) is 10.3 Å². The molecule has 5 nitrogen and oxygen atoms in total. The van der Waals surface area contributed by atoms with Gasteiger partial charge in [0.25, 0.3) is 0 Å². The number of aliphatic hydroxyl groups is 1. The van der Waals surface area contributed by atoms with E-state index < -0.39 is 0 Å². The normalized spacial score (nSPS) is 10.8. The Morgan fingerprint density at radius 3 is 3.00 bits per heavy atom. The van der Waals surface area contributed by atoms with E-state index in [1.54, 1.807) is 0 Å². The fourth-order valence-corrected chi connectivity index (χ4v) is 2.23. The van der Waals surface area contributed by atoms with Gasteiger partial charge in [0, 0.05) is 37.2 Å². The molecule has 0 atom stereocenters. The molecule has 0 saturated heterocycles. The van der Waals surface area contributed by atoms with Gasteiger partial charge in [0.2, 0.25) is 5.91 Å². The number of carbonyl (C=O) groups is 1. The van der Waals surface area contributed by atoms with Crippen molar-refractivity contribution in [3.8, 4) is 5.75 Å². The van der Waals surface area contributed by atoms with Crippen molar-refractivity contribution in [1.29, 1.82) is 0 Å². The highest BCUT2D eigenvalue weighted by molar-refractivity contribution is 5.84. The summed E-state index contributed by atoms with van der Waals surface area (Å²) in [5.41, 5.74) is 2.23. The van der Waals surface area contributed by atoms with Crippen LogP contribution in [-0.4, -0.2) is 35.8 Å². The number of hydrogen-bond acceptors (Lipinski definition) is 3. The molecule has 0 aliphatic heterocycles. The minimum Gasteiger partial charge on any atom is -0.494 e. The van der Waals surface area contributed by atoms with Crippen LogP contribution in [0.4, 0.5) is 0 Å². The number of aromatic amines is 1. The molecule has 0 unspecified atom stereocenters. The fraction of sp³-hybridized carbons (Fsp3) is 0.438. The van der Waals surface area contributed by atoms with Crippen molar-refractivity contribution in [2.45, 2.75) is 26.2 Å². The number of nitrogens with one attached hydrogen (secondary N) is 2. The Kier molecular flexibility index (Phi) is 5.63. The lowest BCUT2D eigenvalue weighted by Crippen LogP contribution is -2.22. The highest BCUT2D eigenvalue weighted by Gasteiger charge is 2.05. The average molecular weight is 290 g/mol. The predicted molar refractivity (Wildman–Crippen MR) is 82.5 cm³/mol. The van der Waals surface area contributed by atoms with E-state index >= 15 is 0 Å². The Balaban J connectivity index is 2.00. The quantitative estimate of drug-likeness (QED) is 0.651. The number of benzene rings is 1. The van der Waals surface area contributed by atoms with Crippen LogP contribution in [0.5, 0.6) is 5.75 Å². The minimum atomic E-state index is -0.0113. The summed E-state index contributed by atoms with van der Waals surface area (Å²) in [6.45, 7) is 2.96. The molecule has 21 heavy (non-hydrogen) atoms. The van der Waals surface area contributed by atoms with Crippen molar-refractivity contribution in [1.82, 2.24) is 10.3 Å². The van der Waals surface area contributed by atoms with Crippen LogP contribution in [0.3, 0.4) is 0 Å². The lowest BCUT2D eigenvalue weighted by atomic mass is 10.1. The topological polar surface area (TPSA) is 74.4 Å². The molecule has 0 aliphatic carbocycles. The Hall–Kier alpha value is -2.01. The summed E-state index contributed by atoms with van der Waals surface area (Å²) in [7, 11) is 0. The Morgan fingerprint density at radius 2 is 2.24 bits per heavy atom. The van der Waals surface area contributed by atoms with Crippen molar-refractivity contribution in [2.75, 3.05) is 19.8 Å². The second-order valence-electron chi connectivity index (χ2n) is 5.03. The van der Waals surface area contributed by atoms with Gasteiger partial charge in [0.15, 0.2) is 0 Å². The van der Waals surface area contributed by atoms with E-state index in [1.165, 1.54) is 12.5 Å². The number of amides is 1. The second-order valence-corrected chi connectivity index (χ2v) is 5.03. The molecule has 114 valence electrons. The van der Waals surface area contributed by atoms with Crippen LogP contribution < -0.4 is 10.1 Å². The summed E-state index contributed by atoms with van der Waals surface area (Å²) in [5.74, 6) is 0.823. The van der Waals surface area contributed by atoms with E-state index in [9.17, 15) is 4.79 Å². The number of rotatable bonds is 8. The number of ether oxygens (including phenoxy) is 1. The van der Waals surface area contributed by atoms with Gasteiger partial charge in [-0.25, -0.2) is 0 Å². The maximum atomic E-state index is 10.9. The highest BCUT2D eigenvalue weighted by Crippen LogP contribution is 2.24. The molecule has 0 bridgehead atoms. The molecule has 2 rings (SSSR count). The number of unbranched alkanes of at least 4 members (excludes halogenated alkanes) is 1. The van der Waals surface area contributed by atoms with Gasteiger partial charge in [-0.1, -0.05) is 0 Å². The van der Waals surface area contributed by atoms with Crippen LogP contribution >= 0.6 is 0 Å². The summed E-state index contributed by atoms with van der Waals surface area (Å²) < 4.78 is 5.69. The molecule has 1 amide bonds. The van der Waals surface area contributed by atoms with Gasteiger partial charge in [-0.3, -0.25) is 4.79 Å². The second kappa shape index (κ2) is 7.69. The zero-order valence-electron chi connectivity index (χ0n) is 12.3. The van der Waals surface area contributed by atoms with Gasteiger partial charge in [-0.15, -0.1) is 0 Å². The molecular formula is C16H22N2O3. The van der Waals surface area contributed by atoms with Gasteiger partial charge in [-0.05, 0) is 43.0 Å². The minimum absolute atomic E-state index is 0.0113. The first-order chi connectivity index (χ1) is 10.2. The standard InChI is InChI=1S/C16H22N2O3/c1-12(20)17-7-6-13-11-18-16-5-4-14(10-15(13)16)21-9-3-2-8-19/h4-5,10-11,18-19H,2-3,6-9H2,1H3,(H,17,20). The zero-order valence-corrected chi connectivity index (χ0v) is 12.3. The monoisotopic (exact) mass is 290 g/mol. The predicted octanol–water partition coefficient (Wildman–Crippen LogP) is 2.00. The van der Waals surface area contributed by atoms with Crippen molar-refractivity contribution in [2.24, 2.45) is 0 Å². The maximum Gasteiger partial charge on any atom is 0.216 e. The Labute approximate surface area is 124 Å². The SMILES string of the molecule is CC(=O)NCCc1c[nH]c2ccc(OCCCCO)cc12. The van der Waals surface area contributed by atoms with Crippen LogP contribution in [0.2, 0.25) is 0 Å². The van der Waals surface area contributed by atoms with Crippen molar-refractivity contribution >= 4 is 16.8 Å². The number of hydrogen-bond donors (Lipinski definition) is 3. The number of carbonyl (C=O) groups excluding carboxylic acids is 1. The third kappa shape index (κ3) is 4.49. The summed E-state index contributed by atoms with van der Waals surface area (Å²) in [6.07, 6.45) is 4.36. The van der Waals surface area contributed by atoms with Gasteiger partial charge in [-0.2, -0.15) is 0 Å². The highest BCUT2D eigenvalue weighted by atomic mass is 16.5.